The van der Waals surface area contributed by atoms with E-state index in [1.807, 2.05) is 37.3 Å². The molecule has 0 unspecified atom stereocenters. The van der Waals surface area contributed by atoms with Crippen LogP contribution in [0.25, 0.3) is 11.1 Å². The van der Waals surface area contributed by atoms with Gasteiger partial charge in [0.05, 0.1) is 12.5 Å². The second-order valence-electron chi connectivity index (χ2n) is 8.83. The molecule has 196 valence electrons. The number of carboxylic acids is 1. The van der Waals surface area contributed by atoms with Gasteiger partial charge < -0.3 is 20.5 Å². The van der Waals surface area contributed by atoms with Gasteiger partial charge in [0.25, 0.3) is 5.91 Å². The standard InChI is InChI=1S/C28H31Cl2N3O4/c1-4-17(2)25(33-21-8-5-19(6-9-21)28(36)31-14-13-27(34)35)16-37-26-12-11-22(18(3)32-26)23-10-7-20(29)15-24(23)30/h5-12,15,17,25,33H,4,13-14,16H2,1-3H3,(H,31,36)(H,34,35)/t17-,25+/m0/s1. The highest BCUT2D eigenvalue weighted by atomic mass is 35.5. The fraction of sp³-hybridized carbons (Fsp3) is 0.321. The monoisotopic (exact) mass is 543 g/mol. The van der Waals surface area contributed by atoms with Crippen molar-refractivity contribution in [2.24, 2.45) is 5.92 Å². The minimum atomic E-state index is -0.953. The average molecular weight is 544 g/mol. The number of amides is 1. The van der Waals surface area contributed by atoms with Gasteiger partial charge in [0.1, 0.15) is 6.61 Å². The molecule has 0 aliphatic heterocycles. The molecule has 0 radical (unpaired) electrons. The van der Waals surface area contributed by atoms with E-state index in [4.69, 9.17) is 33.0 Å². The van der Waals surface area contributed by atoms with Crippen LogP contribution in [0.1, 0.15) is 42.7 Å². The first-order chi connectivity index (χ1) is 17.7. The number of anilines is 1. The Labute approximate surface area is 227 Å². The molecule has 37 heavy (non-hydrogen) atoms. The third-order valence-corrected chi connectivity index (χ3v) is 6.69. The van der Waals surface area contributed by atoms with Crippen LogP contribution < -0.4 is 15.4 Å². The number of carbonyl (C=O) groups is 2. The molecule has 1 heterocycles. The Bertz CT molecular complexity index is 1230. The number of aryl methyl sites for hydroxylation is 1. The molecule has 0 saturated heterocycles. The number of hydrogen-bond donors (Lipinski definition) is 3. The van der Waals surface area contributed by atoms with Crippen LogP contribution in [0.5, 0.6) is 5.88 Å². The molecule has 0 bridgehead atoms. The summed E-state index contributed by atoms with van der Waals surface area (Å²) >= 11 is 12.4. The number of carboxylic acid groups (broad SMARTS) is 1. The van der Waals surface area contributed by atoms with Crippen molar-refractivity contribution in [2.75, 3.05) is 18.5 Å². The third-order valence-electron chi connectivity index (χ3n) is 6.15. The van der Waals surface area contributed by atoms with Gasteiger partial charge in [0.2, 0.25) is 5.88 Å². The zero-order chi connectivity index (χ0) is 26.9. The topological polar surface area (TPSA) is 101 Å². The van der Waals surface area contributed by atoms with Crippen LogP contribution in [0.15, 0.2) is 54.6 Å². The fourth-order valence-corrected chi connectivity index (χ4v) is 4.25. The van der Waals surface area contributed by atoms with Crippen molar-refractivity contribution in [2.45, 2.75) is 39.7 Å². The number of benzene rings is 2. The van der Waals surface area contributed by atoms with Crippen LogP contribution in [-0.4, -0.2) is 41.2 Å². The highest BCUT2D eigenvalue weighted by molar-refractivity contribution is 6.36. The number of ether oxygens (including phenoxy) is 1. The molecule has 3 rings (SSSR count). The summed E-state index contributed by atoms with van der Waals surface area (Å²) < 4.78 is 6.07. The second-order valence-corrected chi connectivity index (χ2v) is 9.67. The van der Waals surface area contributed by atoms with Crippen molar-refractivity contribution < 1.29 is 19.4 Å². The zero-order valence-electron chi connectivity index (χ0n) is 21.1. The summed E-state index contributed by atoms with van der Waals surface area (Å²) in [5.74, 6) is -0.424. The van der Waals surface area contributed by atoms with Crippen LogP contribution in [0.3, 0.4) is 0 Å². The molecular formula is C28H31Cl2N3O4. The molecule has 3 N–H and O–H groups in total. The number of carbonyl (C=O) groups excluding carboxylic acids is 1. The number of rotatable bonds is 12. The summed E-state index contributed by atoms with van der Waals surface area (Å²) in [5.41, 5.74) is 3.89. The predicted octanol–water partition coefficient (Wildman–Crippen LogP) is 6.47. The van der Waals surface area contributed by atoms with Gasteiger partial charge in [-0.2, -0.15) is 0 Å². The molecule has 9 heteroatoms. The Hall–Kier alpha value is -3.29. The molecule has 2 aromatic carbocycles. The van der Waals surface area contributed by atoms with E-state index in [9.17, 15) is 9.59 Å². The van der Waals surface area contributed by atoms with Crippen LogP contribution in [-0.2, 0) is 4.79 Å². The molecule has 0 spiro atoms. The number of aromatic nitrogens is 1. The maximum atomic E-state index is 12.2. The van der Waals surface area contributed by atoms with Gasteiger partial charge in [-0.15, -0.1) is 0 Å². The van der Waals surface area contributed by atoms with Gasteiger partial charge in [-0.1, -0.05) is 49.5 Å². The first-order valence-electron chi connectivity index (χ1n) is 12.1. The second kappa shape index (κ2) is 13.3. The van der Waals surface area contributed by atoms with E-state index < -0.39 is 5.97 Å². The van der Waals surface area contributed by atoms with E-state index in [-0.39, 0.29) is 24.9 Å². The van der Waals surface area contributed by atoms with Crippen molar-refractivity contribution in [3.8, 4) is 17.0 Å². The first kappa shape index (κ1) is 28.3. The van der Waals surface area contributed by atoms with Gasteiger partial charge in [-0.3, -0.25) is 9.59 Å². The van der Waals surface area contributed by atoms with Gasteiger partial charge in [-0.25, -0.2) is 4.98 Å². The lowest BCUT2D eigenvalue weighted by molar-refractivity contribution is -0.136. The van der Waals surface area contributed by atoms with E-state index in [1.165, 1.54) is 0 Å². The lowest BCUT2D eigenvalue weighted by Gasteiger charge is -2.25. The van der Waals surface area contributed by atoms with Gasteiger partial charge in [-0.05, 0) is 55.3 Å². The van der Waals surface area contributed by atoms with E-state index in [0.717, 1.165) is 28.9 Å². The zero-order valence-corrected chi connectivity index (χ0v) is 22.6. The Morgan fingerprint density at radius 2 is 1.76 bits per heavy atom. The predicted molar refractivity (Wildman–Crippen MR) is 148 cm³/mol. The van der Waals surface area contributed by atoms with Crippen molar-refractivity contribution in [3.63, 3.8) is 0 Å². The summed E-state index contributed by atoms with van der Waals surface area (Å²) in [5, 5.41) is 16.0. The third kappa shape index (κ3) is 8.10. The summed E-state index contributed by atoms with van der Waals surface area (Å²) in [6.07, 6.45) is 0.833. The number of halogens is 2. The van der Waals surface area contributed by atoms with Gasteiger partial charge in [0.15, 0.2) is 0 Å². The lowest BCUT2D eigenvalue weighted by Crippen LogP contribution is -2.33. The average Bonchev–Trinajstić information content (AvgIpc) is 2.86. The SMILES string of the molecule is CC[C@H](C)[C@@H](COc1ccc(-c2ccc(Cl)cc2Cl)c(C)n1)Nc1ccc(C(=O)NCCC(=O)O)cc1. The smallest absolute Gasteiger partial charge is 0.305 e. The van der Waals surface area contributed by atoms with Crippen molar-refractivity contribution in [1.29, 1.82) is 0 Å². The molecular weight excluding hydrogens is 513 g/mol. The minimum Gasteiger partial charge on any atom is -0.481 e. The Kier molecular flexibility index (Phi) is 10.2. The maximum absolute atomic E-state index is 12.2. The van der Waals surface area contributed by atoms with Crippen LogP contribution in [0.4, 0.5) is 5.69 Å². The number of hydrogen-bond acceptors (Lipinski definition) is 5. The summed E-state index contributed by atoms with van der Waals surface area (Å²) in [4.78, 5) is 27.4. The molecule has 1 amide bonds. The van der Waals surface area contributed by atoms with E-state index in [1.54, 1.807) is 24.3 Å². The van der Waals surface area contributed by atoms with Crippen molar-refractivity contribution in [3.05, 3.63) is 75.9 Å². The molecule has 0 aliphatic carbocycles. The van der Waals surface area contributed by atoms with Crippen LogP contribution in [0, 0.1) is 12.8 Å². The fourth-order valence-electron chi connectivity index (χ4n) is 3.74. The Morgan fingerprint density at radius 3 is 2.38 bits per heavy atom. The number of nitrogens with one attached hydrogen (secondary N) is 2. The van der Waals surface area contributed by atoms with Crippen molar-refractivity contribution >= 4 is 40.8 Å². The van der Waals surface area contributed by atoms with Crippen LogP contribution in [0.2, 0.25) is 10.0 Å². The largest absolute Gasteiger partial charge is 0.481 e. The Balaban J connectivity index is 1.64. The summed E-state index contributed by atoms with van der Waals surface area (Å²) in [6, 6.07) is 16.2. The molecule has 0 saturated carbocycles. The van der Waals surface area contributed by atoms with Gasteiger partial charge in [0, 0.05) is 50.7 Å². The molecule has 3 aromatic rings. The minimum absolute atomic E-state index is 0.00716. The maximum Gasteiger partial charge on any atom is 0.305 e. The van der Waals surface area contributed by atoms with E-state index in [2.05, 4.69) is 29.5 Å². The molecule has 0 aliphatic rings. The Morgan fingerprint density at radius 1 is 1.05 bits per heavy atom. The highest BCUT2D eigenvalue weighted by Crippen LogP contribution is 2.32. The number of nitrogens with zero attached hydrogens (tertiary/aromatic N) is 1. The highest BCUT2D eigenvalue weighted by Gasteiger charge is 2.18. The number of aliphatic carboxylic acids is 1. The molecule has 0 fully saturated rings. The first-order valence-corrected chi connectivity index (χ1v) is 12.9. The normalized spacial score (nSPS) is 12.5. The van der Waals surface area contributed by atoms with Crippen LogP contribution >= 0.6 is 23.2 Å². The van der Waals surface area contributed by atoms with Crippen molar-refractivity contribution in [1.82, 2.24) is 10.3 Å². The molecule has 1 aromatic heterocycles. The van der Waals surface area contributed by atoms with E-state index >= 15 is 0 Å². The van der Waals surface area contributed by atoms with E-state index in [0.29, 0.717) is 34.0 Å². The van der Waals surface area contributed by atoms with Gasteiger partial charge >= 0.3 is 5.97 Å². The lowest BCUT2D eigenvalue weighted by atomic mass is 9.99. The number of pyridine rings is 1. The summed E-state index contributed by atoms with van der Waals surface area (Å²) in [7, 11) is 0. The molecule has 7 nitrogen and oxygen atoms in total. The quantitative estimate of drug-likeness (QED) is 0.242. The summed E-state index contributed by atoms with van der Waals surface area (Å²) in [6.45, 7) is 6.67. The molecule has 2 atom stereocenters.